The second kappa shape index (κ2) is 11.3. The molecule has 180 valence electrons. The first-order valence-corrected chi connectivity index (χ1v) is 11.6. The Balaban J connectivity index is 1.40. The molecule has 0 unspecified atom stereocenters. The molecular formula is C25H24N4O5S. The van der Waals surface area contributed by atoms with Crippen molar-refractivity contribution in [1.29, 1.82) is 0 Å². The van der Waals surface area contributed by atoms with E-state index in [1.54, 1.807) is 74.3 Å². The fourth-order valence-corrected chi connectivity index (χ4v) is 4.07. The van der Waals surface area contributed by atoms with Gasteiger partial charge in [0.05, 0.1) is 38.5 Å². The van der Waals surface area contributed by atoms with E-state index in [1.165, 1.54) is 18.9 Å². The maximum atomic E-state index is 12.6. The number of amides is 2. The van der Waals surface area contributed by atoms with E-state index in [2.05, 4.69) is 15.6 Å². The molecule has 9 nitrogen and oxygen atoms in total. The molecule has 0 spiro atoms. The Labute approximate surface area is 206 Å². The largest absolute Gasteiger partial charge is 0.497 e. The lowest BCUT2D eigenvalue weighted by Crippen LogP contribution is -2.22. The van der Waals surface area contributed by atoms with Crippen molar-refractivity contribution in [2.45, 2.75) is 11.7 Å². The average Bonchev–Trinajstić information content (AvgIpc) is 3.58. The summed E-state index contributed by atoms with van der Waals surface area (Å²) in [4.78, 5) is 29.6. The summed E-state index contributed by atoms with van der Waals surface area (Å²) < 4.78 is 17.6. The van der Waals surface area contributed by atoms with Gasteiger partial charge in [-0.1, -0.05) is 17.8 Å². The predicted molar refractivity (Wildman–Crippen MR) is 132 cm³/mol. The first-order valence-electron chi connectivity index (χ1n) is 10.7. The molecule has 0 atom stereocenters. The third-order valence-electron chi connectivity index (χ3n) is 5.01. The van der Waals surface area contributed by atoms with Gasteiger partial charge in [0.1, 0.15) is 17.3 Å². The van der Waals surface area contributed by atoms with E-state index in [1.807, 2.05) is 10.6 Å². The topological polar surface area (TPSA) is 108 Å². The summed E-state index contributed by atoms with van der Waals surface area (Å²) in [5.74, 6) is 1.50. The number of hydrogen-bond donors (Lipinski definition) is 2. The Morgan fingerprint density at radius 3 is 2.74 bits per heavy atom. The first-order chi connectivity index (χ1) is 17.1. The Hall–Kier alpha value is -4.18. The number of carbonyl (C=O) groups excluding carboxylic acids is 2. The number of nitrogens with zero attached hydrogens (tertiary/aromatic N) is 2. The highest BCUT2D eigenvalue weighted by Crippen LogP contribution is 2.29. The lowest BCUT2D eigenvalue weighted by molar-refractivity contribution is -0.113. The maximum absolute atomic E-state index is 12.6. The fraction of sp³-hybridized carbons (Fsp3) is 0.160. The Morgan fingerprint density at radius 1 is 1.09 bits per heavy atom. The third kappa shape index (κ3) is 6.04. The van der Waals surface area contributed by atoms with Gasteiger partial charge in [-0.05, 0) is 42.5 Å². The van der Waals surface area contributed by atoms with Crippen LogP contribution in [0, 0.1) is 0 Å². The molecular weight excluding hydrogens is 468 g/mol. The van der Waals surface area contributed by atoms with Crippen molar-refractivity contribution in [3.8, 4) is 17.2 Å². The number of methoxy groups -OCH3 is 2. The van der Waals surface area contributed by atoms with Crippen LogP contribution in [0.3, 0.4) is 0 Å². The number of ether oxygens (including phenoxy) is 2. The molecule has 2 aromatic heterocycles. The van der Waals surface area contributed by atoms with Gasteiger partial charge in [0.15, 0.2) is 5.16 Å². The number of nitrogens with one attached hydrogen (secondary N) is 2. The summed E-state index contributed by atoms with van der Waals surface area (Å²) in [6, 6.07) is 15.9. The fourth-order valence-electron chi connectivity index (χ4n) is 3.30. The van der Waals surface area contributed by atoms with Crippen molar-refractivity contribution in [3.05, 3.63) is 84.6 Å². The van der Waals surface area contributed by atoms with Crippen LogP contribution in [0.4, 0.5) is 5.69 Å². The van der Waals surface area contributed by atoms with Gasteiger partial charge in [-0.15, -0.1) is 0 Å². The first kappa shape index (κ1) is 24.0. The summed E-state index contributed by atoms with van der Waals surface area (Å²) in [5, 5.41) is 6.30. The van der Waals surface area contributed by atoms with Gasteiger partial charge < -0.3 is 24.5 Å². The van der Waals surface area contributed by atoms with Gasteiger partial charge >= 0.3 is 0 Å². The van der Waals surface area contributed by atoms with Gasteiger partial charge in [0.25, 0.3) is 5.91 Å². The lowest BCUT2D eigenvalue weighted by atomic mass is 10.2. The zero-order valence-corrected chi connectivity index (χ0v) is 20.0. The number of aromatic nitrogens is 2. The highest BCUT2D eigenvalue weighted by Gasteiger charge is 2.14. The molecule has 0 aliphatic carbocycles. The van der Waals surface area contributed by atoms with Crippen LogP contribution in [0.25, 0.3) is 5.69 Å². The Morgan fingerprint density at radius 2 is 1.97 bits per heavy atom. The molecule has 0 saturated carbocycles. The van der Waals surface area contributed by atoms with Crippen molar-refractivity contribution >= 4 is 29.3 Å². The van der Waals surface area contributed by atoms with Gasteiger partial charge in [0.2, 0.25) is 5.91 Å². The molecule has 0 fully saturated rings. The van der Waals surface area contributed by atoms with Gasteiger partial charge in [-0.3, -0.25) is 14.2 Å². The van der Waals surface area contributed by atoms with E-state index in [0.29, 0.717) is 40.2 Å². The molecule has 10 heteroatoms. The van der Waals surface area contributed by atoms with E-state index < -0.39 is 0 Å². The lowest BCUT2D eigenvalue weighted by Gasteiger charge is -2.12. The number of hydrogen-bond acceptors (Lipinski definition) is 7. The molecule has 4 aromatic rings. The van der Waals surface area contributed by atoms with Crippen LogP contribution in [0.2, 0.25) is 0 Å². The van der Waals surface area contributed by atoms with Gasteiger partial charge in [0, 0.05) is 29.7 Å². The molecule has 0 aliphatic rings. The van der Waals surface area contributed by atoms with Crippen LogP contribution in [-0.4, -0.2) is 41.3 Å². The summed E-state index contributed by atoms with van der Waals surface area (Å²) in [7, 11) is 3.09. The summed E-state index contributed by atoms with van der Waals surface area (Å²) >= 11 is 1.28. The van der Waals surface area contributed by atoms with Crippen molar-refractivity contribution in [3.63, 3.8) is 0 Å². The van der Waals surface area contributed by atoms with E-state index in [-0.39, 0.29) is 17.6 Å². The Kier molecular flexibility index (Phi) is 7.74. The number of imidazole rings is 1. The summed E-state index contributed by atoms with van der Waals surface area (Å²) in [5.41, 5.74) is 1.78. The normalized spacial score (nSPS) is 10.6. The second-order valence-electron chi connectivity index (χ2n) is 7.30. The van der Waals surface area contributed by atoms with Crippen molar-refractivity contribution in [2.24, 2.45) is 0 Å². The number of anilines is 1. The molecule has 2 amide bonds. The quantitative estimate of drug-likeness (QED) is 0.320. The molecule has 2 heterocycles. The zero-order valence-electron chi connectivity index (χ0n) is 19.2. The molecule has 4 rings (SSSR count). The Bertz CT molecular complexity index is 1300. The molecule has 35 heavy (non-hydrogen) atoms. The van der Waals surface area contributed by atoms with E-state index >= 15 is 0 Å². The number of carbonyl (C=O) groups is 2. The van der Waals surface area contributed by atoms with Crippen LogP contribution < -0.4 is 20.1 Å². The summed E-state index contributed by atoms with van der Waals surface area (Å²) in [6.45, 7) is 0.301. The minimum absolute atomic E-state index is 0.126. The van der Waals surface area contributed by atoms with Crippen LogP contribution in [0.1, 0.15) is 16.1 Å². The smallest absolute Gasteiger partial charge is 0.251 e. The van der Waals surface area contributed by atoms with Crippen molar-refractivity contribution in [1.82, 2.24) is 14.9 Å². The highest BCUT2D eigenvalue weighted by atomic mass is 32.2. The van der Waals surface area contributed by atoms with Crippen molar-refractivity contribution in [2.75, 3.05) is 25.3 Å². The molecule has 0 bridgehead atoms. The number of benzene rings is 2. The van der Waals surface area contributed by atoms with E-state index in [0.717, 1.165) is 5.69 Å². The molecule has 0 radical (unpaired) electrons. The van der Waals surface area contributed by atoms with Crippen LogP contribution in [0.5, 0.6) is 11.5 Å². The van der Waals surface area contributed by atoms with Crippen LogP contribution in [-0.2, 0) is 11.3 Å². The van der Waals surface area contributed by atoms with Crippen LogP contribution in [0.15, 0.2) is 82.8 Å². The number of thioether (sulfide) groups is 1. The van der Waals surface area contributed by atoms with Gasteiger partial charge in [-0.2, -0.15) is 0 Å². The minimum atomic E-state index is -0.220. The average molecular weight is 493 g/mol. The number of rotatable bonds is 10. The monoisotopic (exact) mass is 492 g/mol. The molecule has 0 saturated heterocycles. The van der Waals surface area contributed by atoms with E-state index in [9.17, 15) is 9.59 Å². The van der Waals surface area contributed by atoms with Crippen LogP contribution >= 0.6 is 11.8 Å². The third-order valence-corrected chi connectivity index (χ3v) is 5.98. The van der Waals surface area contributed by atoms with Gasteiger partial charge in [-0.25, -0.2) is 4.98 Å². The molecule has 2 aromatic carbocycles. The summed E-state index contributed by atoms with van der Waals surface area (Å²) in [6.07, 6.45) is 4.99. The minimum Gasteiger partial charge on any atom is -0.497 e. The van der Waals surface area contributed by atoms with E-state index in [4.69, 9.17) is 13.9 Å². The molecule has 0 aliphatic heterocycles. The highest BCUT2D eigenvalue weighted by molar-refractivity contribution is 7.99. The second-order valence-corrected chi connectivity index (χ2v) is 8.24. The zero-order chi connectivity index (χ0) is 24.6. The molecule has 2 N–H and O–H groups in total. The maximum Gasteiger partial charge on any atom is 0.251 e. The predicted octanol–water partition coefficient (Wildman–Crippen LogP) is 4.14. The van der Waals surface area contributed by atoms with Crippen molar-refractivity contribution < 1.29 is 23.5 Å². The standard InChI is InChI=1S/C25H24N4O5S/c1-32-19-8-9-22(33-2)21(14-19)28-23(30)16-35-25-26-10-11-29(25)18-6-3-5-17(13-18)24(31)27-15-20-7-4-12-34-20/h3-14H,15-16H2,1-2H3,(H,27,31)(H,28,30). The number of furan rings is 1. The SMILES string of the molecule is COc1ccc(OC)c(NC(=O)CSc2nccn2-c2cccc(C(=O)NCc3ccco3)c2)c1.